The quantitative estimate of drug-likeness (QED) is 0.888. The van der Waals surface area contributed by atoms with Gasteiger partial charge in [-0.15, -0.1) is 0 Å². The van der Waals surface area contributed by atoms with Gasteiger partial charge in [-0.1, -0.05) is 11.6 Å². The van der Waals surface area contributed by atoms with Crippen LogP contribution >= 0.6 is 11.6 Å². The average Bonchev–Trinajstić information content (AvgIpc) is 2.36. The molecule has 0 bridgehead atoms. The molecule has 1 amide bonds. The van der Waals surface area contributed by atoms with Gasteiger partial charge in [0.15, 0.2) is 0 Å². The first kappa shape index (κ1) is 15.2. The third kappa shape index (κ3) is 4.75. The average molecular weight is 283 g/mol. The third-order valence-corrected chi connectivity index (χ3v) is 2.63. The van der Waals surface area contributed by atoms with E-state index in [9.17, 15) is 9.18 Å². The van der Waals surface area contributed by atoms with Crippen LogP contribution in [0.25, 0.3) is 5.57 Å². The molecule has 0 saturated heterocycles. The van der Waals surface area contributed by atoms with Crippen molar-refractivity contribution in [3.05, 3.63) is 52.7 Å². The van der Waals surface area contributed by atoms with E-state index >= 15 is 0 Å². The summed E-state index contributed by atoms with van der Waals surface area (Å²) in [7, 11) is 0. The number of carbonyl (C=O) groups is 1. The van der Waals surface area contributed by atoms with Crippen molar-refractivity contribution in [1.29, 1.82) is 0 Å². The standard InChI is InChI=1S/C14H16ClFN2O/c1-4-14(18-10(3)19)17-8-9(2)12-7-11(15)5-6-13(12)16/h4-8,17H,1-3H3,(H,18,19)/b9-8+,14-4+. The summed E-state index contributed by atoms with van der Waals surface area (Å²) in [5.74, 6) is 0.0105. The van der Waals surface area contributed by atoms with Gasteiger partial charge in [-0.2, -0.15) is 0 Å². The van der Waals surface area contributed by atoms with Gasteiger partial charge < -0.3 is 10.6 Å². The molecule has 0 fully saturated rings. The van der Waals surface area contributed by atoms with E-state index in [1.165, 1.54) is 19.1 Å². The Bertz CT molecular complexity index is 538. The van der Waals surface area contributed by atoms with Crippen LogP contribution in [0.4, 0.5) is 4.39 Å². The SMILES string of the molecule is C/C=C(\N/C=C(\C)c1cc(Cl)ccc1F)NC(C)=O. The molecule has 1 aromatic carbocycles. The molecule has 5 heteroatoms. The highest BCUT2D eigenvalue weighted by atomic mass is 35.5. The van der Waals surface area contributed by atoms with Crippen LogP contribution in [0.15, 0.2) is 36.3 Å². The number of carbonyl (C=O) groups excluding carboxylic acids is 1. The Balaban J connectivity index is 2.87. The lowest BCUT2D eigenvalue weighted by molar-refractivity contribution is -0.118. The van der Waals surface area contributed by atoms with E-state index in [0.717, 1.165) is 0 Å². The van der Waals surface area contributed by atoms with Crippen LogP contribution < -0.4 is 10.6 Å². The number of rotatable bonds is 4. The van der Waals surface area contributed by atoms with Gasteiger partial charge in [0.25, 0.3) is 0 Å². The summed E-state index contributed by atoms with van der Waals surface area (Å²) in [5.41, 5.74) is 1.09. The van der Waals surface area contributed by atoms with Gasteiger partial charge in [-0.25, -0.2) is 4.39 Å². The molecule has 0 unspecified atom stereocenters. The van der Waals surface area contributed by atoms with E-state index in [-0.39, 0.29) is 11.7 Å². The molecule has 0 saturated carbocycles. The summed E-state index contributed by atoms with van der Waals surface area (Å²) in [6.45, 7) is 4.95. The Morgan fingerprint density at radius 2 is 2.05 bits per heavy atom. The zero-order valence-electron chi connectivity index (χ0n) is 11.1. The lowest BCUT2D eigenvalue weighted by atomic mass is 10.1. The van der Waals surface area contributed by atoms with Crippen molar-refractivity contribution < 1.29 is 9.18 Å². The van der Waals surface area contributed by atoms with Gasteiger partial charge in [0.05, 0.1) is 0 Å². The number of hydrogen-bond acceptors (Lipinski definition) is 2. The molecule has 0 aliphatic rings. The molecule has 3 nitrogen and oxygen atoms in total. The van der Waals surface area contributed by atoms with Crippen molar-refractivity contribution in [2.45, 2.75) is 20.8 Å². The van der Waals surface area contributed by atoms with Crippen molar-refractivity contribution >= 4 is 23.1 Å². The first-order valence-corrected chi connectivity index (χ1v) is 6.14. The maximum Gasteiger partial charge on any atom is 0.222 e. The molecule has 102 valence electrons. The highest BCUT2D eigenvalue weighted by Gasteiger charge is 2.05. The van der Waals surface area contributed by atoms with Crippen LogP contribution in [0, 0.1) is 5.82 Å². The van der Waals surface area contributed by atoms with Crippen LogP contribution in [0.1, 0.15) is 26.3 Å². The smallest absolute Gasteiger partial charge is 0.222 e. The molecule has 0 atom stereocenters. The Kier molecular flexibility index (Phi) is 5.57. The molecule has 0 heterocycles. The molecule has 0 spiro atoms. The molecule has 19 heavy (non-hydrogen) atoms. The predicted octanol–water partition coefficient (Wildman–Crippen LogP) is 3.43. The maximum atomic E-state index is 13.6. The minimum Gasteiger partial charge on any atom is -0.348 e. The van der Waals surface area contributed by atoms with Gasteiger partial charge >= 0.3 is 0 Å². The van der Waals surface area contributed by atoms with E-state index < -0.39 is 0 Å². The van der Waals surface area contributed by atoms with E-state index in [1.54, 1.807) is 32.2 Å². The van der Waals surface area contributed by atoms with E-state index in [1.807, 2.05) is 0 Å². The second-order valence-corrected chi connectivity index (χ2v) is 4.42. The Hall–Kier alpha value is -1.81. The summed E-state index contributed by atoms with van der Waals surface area (Å²) in [6.07, 6.45) is 3.32. The molecule has 1 rings (SSSR count). The molecule has 0 aromatic heterocycles. The summed E-state index contributed by atoms with van der Waals surface area (Å²) in [5, 5.41) is 5.98. The van der Waals surface area contributed by atoms with Crippen molar-refractivity contribution in [3.63, 3.8) is 0 Å². The summed E-state index contributed by atoms with van der Waals surface area (Å²) >= 11 is 5.84. The second-order valence-electron chi connectivity index (χ2n) is 3.98. The summed E-state index contributed by atoms with van der Waals surface area (Å²) in [4.78, 5) is 10.9. The summed E-state index contributed by atoms with van der Waals surface area (Å²) in [6, 6.07) is 4.37. The third-order valence-electron chi connectivity index (χ3n) is 2.40. The maximum absolute atomic E-state index is 13.6. The number of benzene rings is 1. The highest BCUT2D eigenvalue weighted by molar-refractivity contribution is 6.30. The topological polar surface area (TPSA) is 41.1 Å². The second kappa shape index (κ2) is 6.95. The van der Waals surface area contributed by atoms with Crippen molar-refractivity contribution in [1.82, 2.24) is 10.6 Å². The minimum atomic E-state index is -0.346. The Morgan fingerprint density at radius 1 is 1.37 bits per heavy atom. The van der Waals surface area contributed by atoms with Gasteiger partial charge in [-0.05, 0) is 43.7 Å². The fraction of sp³-hybridized carbons (Fsp3) is 0.214. The van der Waals surface area contributed by atoms with E-state index in [4.69, 9.17) is 11.6 Å². The van der Waals surface area contributed by atoms with Gasteiger partial charge in [0, 0.05) is 23.7 Å². The van der Waals surface area contributed by atoms with Crippen LogP contribution in [-0.2, 0) is 4.79 Å². The van der Waals surface area contributed by atoms with E-state index in [0.29, 0.717) is 22.0 Å². The normalized spacial score (nSPS) is 12.3. The van der Waals surface area contributed by atoms with Crippen LogP contribution in [-0.4, -0.2) is 5.91 Å². The van der Waals surface area contributed by atoms with Crippen molar-refractivity contribution in [3.8, 4) is 0 Å². The molecule has 0 radical (unpaired) electrons. The number of halogens is 2. The molecule has 2 N–H and O–H groups in total. The fourth-order valence-corrected chi connectivity index (χ4v) is 1.62. The van der Waals surface area contributed by atoms with Gasteiger partial charge in [0.1, 0.15) is 11.6 Å². The molecular formula is C14H16ClFN2O. The molecule has 0 aliphatic heterocycles. The molecule has 0 aliphatic carbocycles. The minimum absolute atomic E-state index is 0.180. The van der Waals surface area contributed by atoms with E-state index in [2.05, 4.69) is 10.6 Å². The summed E-state index contributed by atoms with van der Waals surface area (Å²) < 4.78 is 13.6. The molecule has 1 aromatic rings. The first-order valence-electron chi connectivity index (χ1n) is 5.76. The van der Waals surface area contributed by atoms with Crippen LogP contribution in [0.2, 0.25) is 5.02 Å². The lowest BCUT2D eigenvalue weighted by Crippen LogP contribution is -2.26. The Labute approximate surface area is 117 Å². The largest absolute Gasteiger partial charge is 0.348 e. The predicted molar refractivity (Wildman–Crippen MR) is 75.8 cm³/mol. The lowest BCUT2D eigenvalue weighted by Gasteiger charge is -2.09. The first-order chi connectivity index (χ1) is 8.93. The number of amides is 1. The van der Waals surface area contributed by atoms with Crippen LogP contribution in [0.5, 0.6) is 0 Å². The highest BCUT2D eigenvalue weighted by Crippen LogP contribution is 2.21. The van der Waals surface area contributed by atoms with Gasteiger partial charge in [-0.3, -0.25) is 4.79 Å². The number of hydrogen-bond donors (Lipinski definition) is 2. The van der Waals surface area contributed by atoms with Gasteiger partial charge in [0.2, 0.25) is 5.91 Å². The van der Waals surface area contributed by atoms with Crippen LogP contribution in [0.3, 0.4) is 0 Å². The monoisotopic (exact) mass is 282 g/mol. The molecular weight excluding hydrogens is 267 g/mol. The zero-order chi connectivity index (χ0) is 14.4. The number of nitrogens with one attached hydrogen (secondary N) is 2. The zero-order valence-corrected chi connectivity index (χ0v) is 11.8. The Morgan fingerprint density at radius 3 is 2.63 bits per heavy atom. The fourth-order valence-electron chi connectivity index (χ4n) is 1.44. The van der Waals surface area contributed by atoms with Crippen molar-refractivity contribution in [2.24, 2.45) is 0 Å². The number of allylic oxidation sites excluding steroid dienone is 2. The van der Waals surface area contributed by atoms with Crippen molar-refractivity contribution in [2.75, 3.05) is 0 Å².